The lowest BCUT2D eigenvalue weighted by atomic mass is 10.0. The number of hydrogen-bond acceptors (Lipinski definition) is 5. The van der Waals surface area contributed by atoms with Crippen LogP contribution in [0.5, 0.6) is 5.75 Å². The van der Waals surface area contributed by atoms with Gasteiger partial charge in [0.15, 0.2) is 5.96 Å². The Morgan fingerprint density at radius 2 is 2.06 bits per heavy atom. The average molecular weight is 553 g/mol. The van der Waals surface area contributed by atoms with Gasteiger partial charge in [-0.1, -0.05) is 18.2 Å². The van der Waals surface area contributed by atoms with Crippen molar-refractivity contribution in [2.75, 3.05) is 32.8 Å². The van der Waals surface area contributed by atoms with Crippen molar-refractivity contribution in [3.05, 3.63) is 59.9 Å². The summed E-state index contributed by atoms with van der Waals surface area (Å²) in [5.41, 5.74) is 2.25. The molecule has 176 valence electrons. The summed E-state index contributed by atoms with van der Waals surface area (Å²) in [6, 6.07) is 14.3. The van der Waals surface area contributed by atoms with Crippen molar-refractivity contribution >= 4 is 29.9 Å². The van der Waals surface area contributed by atoms with Crippen molar-refractivity contribution in [1.82, 2.24) is 20.5 Å². The Hall–Kier alpha value is -1.91. The number of pyridine rings is 1. The summed E-state index contributed by atoms with van der Waals surface area (Å²) in [5, 5.41) is 17.1. The molecule has 3 N–H and O–H groups in total. The van der Waals surface area contributed by atoms with Crippen molar-refractivity contribution in [3.8, 4) is 5.75 Å². The Morgan fingerprint density at radius 3 is 2.75 bits per heavy atom. The van der Waals surface area contributed by atoms with Gasteiger partial charge in [-0.05, 0) is 56.5 Å². The van der Waals surface area contributed by atoms with Gasteiger partial charge in [0, 0.05) is 38.4 Å². The molecule has 1 unspecified atom stereocenters. The van der Waals surface area contributed by atoms with E-state index in [0.717, 1.165) is 62.0 Å². The van der Waals surface area contributed by atoms with Gasteiger partial charge in [0.05, 0.1) is 12.2 Å². The lowest BCUT2D eigenvalue weighted by Crippen LogP contribution is -2.48. The first-order valence-electron chi connectivity index (χ1n) is 11.2. The number of aliphatic hydroxyl groups is 1. The number of ether oxygens (including phenoxy) is 1. The van der Waals surface area contributed by atoms with E-state index in [9.17, 15) is 5.11 Å². The summed E-state index contributed by atoms with van der Waals surface area (Å²) >= 11 is 0. The second kappa shape index (κ2) is 14.3. The van der Waals surface area contributed by atoms with E-state index in [0.29, 0.717) is 12.6 Å². The molecule has 0 bridgehead atoms. The summed E-state index contributed by atoms with van der Waals surface area (Å²) in [6.45, 7) is 8.31. The number of aliphatic imine (C=N–C) groups is 1. The monoisotopic (exact) mass is 553 g/mol. The molecule has 0 radical (unpaired) electrons. The zero-order valence-electron chi connectivity index (χ0n) is 19.0. The van der Waals surface area contributed by atoms with E-state index in [4.69, 9.17) is 4.74 Å². The van der Waals surface area contributed by atoms with Gasteiger partial charge in [-0.25, -0.2) is 0 Å². The van der Waals surface area contributed by atoms with E-state index >= 15 is 0 Å². The van der Waals surface area contributed by atoms with E-state index in [-0.39, 0.29) is 30.6 Å². The van der Waals surface area contributed by atoms with Crippen LogP contribution in [-0.4, -0.2) is 65.9 Å². The number of aliphatic hydroxyl groups excluding tert-OH is 1. The fraction of sp³-hybridized carbons (Fsp3) is 0.500. The normalized spacial score (nSPS) is 16.2. The summed E-state index contributed by atoms with van der Waals surface area (Å²) in [6.07, 6.45) is 3.30. The Bertz CT molecular complexity index is 813. The number of aromatic nitrogens is 1. The highest BCUT2D eigenvalue weighted by Crippen LogP contribution is 2.14. The molecule has 1 aromatic heterocycles. The molecule has 1 aromatic carbocycles. The number of halogens is 1. The largest absolute Gasteiger partial charge is 0.491 e. The van der Waals surface area contributed by atoms with Gasteiger partial charge in [-0.3, -0.25) is 14.9 Å². The molecule has 32 heavy (non-hydrogen) atoms. The van der Waals surface area contributed by atoms with Crippen molar-refractivity contribution in [3.63, 3.8) is 0 Å². The van der Waals surface area contributed by atoms with Gasteiger partial charge >= 0.3 is 0 Å². The number of piperidine rings is 1. The maximum Gasteiger partial charge on any atom is 0.191 e. The molecule has 0 saturated carbocycles. The molecule has 2 aromatic rings. The fourth-order valence-corrected chi connectivity index (χ4v) is 3.62. The molecule has 0 aliphatic carbocycles. The van der Waals surface area contributed by atoms with Crippen LogP contribution in [0.2, 0.25) is 0 Å². The van der Waals surface area contributed by atoms with Gasteiger partial charge < -0.3 is 20.5 Å². The van der Waals surface area contributed by atoms with E-state index < -0.39 is 6.10 Å². The number of aryl methyl sites for hydroxylation is 1. The van der Waals surface area contributed by atoms with Gasteiger partial charge in [0.2, 0.25) is 0 Å². The van der Waals surface area contributed by atoms with Crippen LogP contribution < -0.4 is 15.4 Å². The third-order valence-corrected chi connectivity index (χ3v) is 5.28. The molecule has 0 spiro atoms. The van der Waals surface area contributed by atoms with Crippen LogP contribution in [0.3, 0.4) is 0 Å². The third kappa shape index (κ3) is 9.30. The Balaban J connectivity index is 0.00000363. The molecule has 1 aliphatic heterocycles. The van der Waals surface area contributed by atoms with E-state index in [2.05, 4.69) is 31.6 Å². The molecule has 1 fully saturated rings. The summed E-state index contributed by atoms with van der Waals surface area (Å²) in [7, 11) is 0. The van der Waals surface area contributed by atoms with Gasteiger partial charge in [0.1, 0.15) is 18.5 Å². The minimum atomic E-state index is -0.656. The van der Waals surface area contributed by atoms with Crippen LogP contribution in [0.1, 0.15) is 31.0 Å². The predicted octanol–water partition coefficient (Wildman–Crippen LogP) is 2.97. The van der Waals surface area contributed by atoms with Gasteiger partial charge in [0.25, 0.3) is 0 Å². The van der Waals surface area contributed by atoms with Crippen LogP contribution >= 0.6 is 24.0 Å². The zero-order chi connectivity index (χ0) is 21.9. The smallest absolute Gasteiger partial charge is 0.191 e. The Labute approximate surface area is 208 Å². The van der Waals surface area contributed by atoms with Crippen LogP contribution in [-0.2, 0) is 6.54 Å². The fourth-order valence-electron chi connectivity index (χ4n) is 3.62. The first-order chi connectivity index (χ1) is 15.1. The van der Waals surface area contributed by atoms with E-state index in [1.165, 1.54) is 0 Å². The molecular formula is C24H36IN5O2. The molecule has 3 rings (SSSR count). The van der Waals surface area contributed by atoms with Crippen LogP contribution in [0.4, 0.5) is 0 Å². The minimum Gasteiger partial charge on any atom is -0.491 e. The molecule has 8 heteroatoms. The molecular weight excluding hydrogens is 517 g/mol. The minimum absolute atomic E-state index is 0. The molecule has 1 saturated heterocycles. The summed E-state index contributed by atoms with van der Waals surface area (Å²) < 4.78 is 5.68. The standard InChI is InChI=1S/C24H35N5O2.HI/c1-3-25-24(27-16-22(30)18-31-23-9-6-7-19(2)15-23)28-20-10-13-29(14-11-20)17-21-8-4-5-12-26-21;/h4-9,12,15,20,22,30H,3,10-11,13-14,16-18H2,1-2H3,(H2,25,27,28);1H. The Kier molecular flexibility index (Phi) is 11.8. The summed E-state index contributed by atoms with van der Waals surface area (Å²) in [5.74, 6) is 1.52. The second-order valence-corrected chi connectivity index (χ2v) is 8.02. The predicted molar refractivity (Wildman–Crippen MR) is 140 cm³/mol. The molecule has 2 heterocycles. The van der Waals surface area contributed by atoms with Crippen LogP contribution in [0, 0.1) is 6.92 Å². The van der Waals surface area contributed by atoms with Crippen molar-refractivity contribution in [2.45, 2.75) is 45.4 Å². The molecule has 7 nitrogen and oxygen atoms in total. The number of hydrogen-bond donors (Lipinski definition) is 3. The highest BCUT2D eigenvalue weighted by molar-refractivity contribution is 14.0. The second-order valence-electron chi connectivity index (χ2n) is 8.02. The number of nitrogens with one attached hydrogen (secondary N) is 2. The third-order valence-electron chi connectivity index (χ3n) is 5.28. The first kappa shape index (κ1) is 26.3. The molecule has 1 aliphatic rings. The Morgan fingerprint density at radius 1 is 1.25 bits per heavy atom. The lowest BCUT2D eigenvalue weighted by molar-refractivity contribution is 0.114. The number of likely N-dealkylation sites (tertiary alicyclic amines) is 1. The van der Waals surface area contributed by atoms with Crippen molar-refractivity contribution < 1.29 is 9.84 Å². The van der Waals surface area contributed by atoms with E-state index in [1.54, 1.807) is 0 Å². The van der Waals surface area contributed by atoms with Crippen LogP contribution in [0.15, 0.2) is 53.7 Å². The van der Waals surface area contributed by atoms with Crippen molar-refractivity contribution in [1.29, 1.82) is 0 Å². The lowest BCUT2D eigenvalue weighted by Gasteiger charge is -2.32. The van der Waals surface area contributed by atoms with Gasteiger partial charge in [-0.2, -0.15) is 0 Å². The number of rotatable bonds is 9. The number of benzene rings is 1. The summed E-state index contributed by atoms with van der Waals surface area (Å²) in [4.78, 5) is 11.4. The highest BCUT2D eigenvalue weighted by Gasteiger charge is 2.20. The number of guanidine groups is 1. The topological polar surface area (TPSA) is 82.0 Å². The SMILES string of the molecule is CCNC(=NCC(O)COc1cccc(C)c1)NC1CCN(Cc2ccccn2)CC1.I. The average Bonchev–Trinajstić information content (AvgIpc) is 2.78. The van der Waals surface area contributed by atoms with E-state index in [1.807, 2.05) is 56.4 Å². The number of nitrogens with zero attached hydrogens (tertiary/aromatic N) is 3. The molecule has 0 amide bonds. The quantitative estimate of drug-likeness (QED) is 0.252. The molecule has 1 atom stereocenters. The maximum atomic E-state index is 10.3. The van der Waals surface area contributed by atoms with Gasteiger partial charge in [-0.15, -0.1) is 24.0 Å². The van der Waals surface area contributed by atoms with Crippen molar-refractivity contribution in [2.24, 2.45) is 4.99 Å². The highest BCUT2D eigenvalue weighted by atomic mass is 127. The first-order valence-corrected chi connectivity index (χ1v) is 11.2. The zero-order valence-corrected chi connectivity index (χ0v) is 21.4. The maximum absolute atomic E-state index is 10.3. The van der Waals surface area contributed by atoms with Crippen LogP contribution in [0.25, 0.3) is 0 Å².